The predicted molar refractivity (Wildman–Crippen MR) is 77.2 cm³/mol. The summed E-state index contributed by atoms with van der Waals surface area (Å²) in [7, 11) is 1.66. The van der Waals surface area contributed by atoms with Gasteiger partial charge in [-0.15, -0.1) is 11.3 Å². The SMILES string of the molecule is CCc1ccc(C(C)NCC(C)(O)CCOC)s1. The number of aryl methyl sites for hydroxylation is 1. The Kier molecular flexibility index (Phi) is 6.29. The van der Waals surface area contributed by atoms with Crippen molar-refractivity contribution >= 4 is 11.3 Å². The molecule has 104 valence electrons. The summed E-state index contributed by atoms with van der Waals surface area (Å²) in [5.41, 5.74) is -0.713. The maximum atomic E-state index is 10.2. The van der Waals surface area contributed by atoms with Gasteiger partial charge in [0.2, 0.25) is 0 Å². The molecule has 0 bridgehead atoms. The van der Waals surface area contributed by atoms with Gasteiger partial charge in [0.25, 0.3) is 0 Å². The Morgan fingerprint density at radius 1 is 1.50 bits per heavy atom. The number of nitrogens with one attached hydrogen (secondary N) is 1. The van der Waals surface area contributed by atoms with E-state index < -0.39 is 5.60 Å². The van der Waals surface area contributed by atoms with Crippen molar-refractivity contribution in [2.45, 2.75) is 45.3 Å². The molecule has 18 heavy (non-hydrogen) atoms. The maximum Gasteiger partial charge on any atom is 0.0765 e. The molecule has 0 fully saturated rings. The van der Waals surface area contributed by atoms with Crippen LogP contribution < -0.4 is 5.32 Å². The molecule has 0 spiro atoms. The summed E-state index contributed by atoms with van der Waals surface area (Å²) in [6.07, 6.45) is 1.73. The van der Waals surface area contributed by atoms with Crippen LogP contribution in [0.15, 0.2) is 12.1 Å². The monoisotopic (exact) mass is 271 g/mol. The van der Waals surface area contributed by atoms with Crippen molar-refractivity contribution in [2.24, 2.45) is 0 Å². The summed E-state index contributed by atoms with van der Waals surface area (Å²) < 4.78 is 5.00. The van der Waals surface area contributed by atoms with Crippen molar-refractivity contribution in [3.63, 3.8) is 0 Å². The van der Waals surface area contributed by atoms with E-state index in [1.54, 1.807) is 7.11 Å². The Bertz CT molecular complexity index is 349. The van der Waals surface area contributed by atoms with E-state index in [4.69, 9.17) is 4.74 Å². The fourth-order valence-electron chi connectivity index (χ4n) is 1.70. The first-order chi connectivity index (χ1) is 8.48. The number of ether oxygens (including phenoxy) is 1. The molecular weight excluding hydrogens is 246 g/mol. The Balaban J connectivity index is 2.42. The fraction of sp³-hybridized carbons (Fsp3) is 0.714. The normalized spacial score (nSPS) is 16.5. The second-order valence-corrected chi connectivity index (χ2v) is 6.20. The van der Waals surface area contributed by atoms with Crippen LogP contribution in [0.25, 0.3) is 0 Å². The minimum atomic E-state index is -0.713. The highest BCUT2D eigenvalue weighted by Crippen LogP contribution is 2.23. The zero-order valence-corrected chi connectivity index (χ0v) is 12.6. The topological polar surface area (TPSA) is 41.5 Å². The highest BCUT2D eigenvalue weighted by molar-refractivity contribution is 7.12. The first-order valence-corrected chi connectivity index (χ1v) is 7.33. The van der Waals surface area contributed by atoms with Crippen LogP contribution in [0.4, 0.5) is 0 Å². The molecule has 0 aliphatic rings. The smallest absolute Gasteiger partial charge is 0.0765 e. The van der Waals surface area contributed by atoms with E-state index in [9.17, 15) is 5.11 Å². The second-order valence-electron chi connectivity index (χ2n) is 5.00. The molecule has 1 rings (SSSR count). The van der Waals surface area contributed by atoms with Crippen LogP contribution in [0.1, 0.15) is 43.0 Å². The molecule has 3 nitrogen and oxygen atoms in total. The van der Waals surface area contributed by atoms with Gasteiger partial charge in [0.15, 0.2) is 0 Å². The van der Waals surface area contributed by atoms with E-state index in [2.05, 4.69) is 31.3 Å². The number of thiophene rings is 1. The van der Waals surface area contributed by atoms with Gasteiger partial charge in [-0.05, 0) is 32.4 Å². The Labute approximate surface area is 114 Å². The third kappa shape index (κ3) is 5.06. The number of aliphatic hydroxyl groups is 1. The summed E-state index contributed by atoms with van der Waals surface area (Å²) in [5, 5.41) is 13.5. The molecule has 2 atom stereocenters. The van der Waals surface area contributed by atoms with Crippen LogP contribution in [0, 0.1) is 0 Å². The molecule has 1 aromatic heterocycles. The van der Waals surface area contributed by atoms with Crippen LogP contribution in [0.3, 0.4) is 0 Å². The van der Waals surface area contributed by atoms with Crippen LogP contribution in [0.5, 0.6) is 0 Å². The molecule has 0 aliphatic carbocycles. The number of methoxy groups -OCH3 is 1. The molecule has 0 aliphatic heterocycles. The summed E-state index contributed by atoms with van der Waals surface area (Å²) >= 11 is 1.84. The van der Waals surface area contributed by atoms with Gasteiger partial charge in [0.1, 0.15) is 0 Å². The highest BCUT2D eigenvalue weighted by Gasteiger charge is 2.21. The predicted octanol–water partition coefficient (Wildman–Crippen LogP) is 2.75. The summed E-state index contributed by atoms with van der Waals surface area (Å²) in [4.78, 5) is 2.74. The molecule has 0 aromatic carbocycles. The lowest BCUT2D eigenvalue weighted by Crippen LogP contribution is -2.39. The molecule has 2 N–H and O–H groups in total. The van der Waals surface area contributed by atoms with Crippen molar-refractivity contribution in [1.29, 1.82) is 0 Å². The number of rotatable bonds is 8. The lowest BCUT2D eigenvalue weighted by molar-refractivity contribution is 0.0232. The molecule has 2 unspecified atom stereocenters. The first kappa shape index (κ1) is 15.6. The van der Waals surface area contributed by atoms with Gasteiger partial charge >= 0.3 is 0 Å². The maximum absolute atomic E-state index is 10.2. The van der Waals surface area contributed by atoms with E-state index in [1.165, 1.54) is 9.75 Å². The van der Waals surface area contributed by atoms with E-state index in [0.717, 1.165) is 6.42 Å². The standard InChI is InChI=1S/C14H25NO2S/c1-5-12-6-7-13(18-12)11(2)15-10-14(3,16)8-9-17-4/h6-7,11,15-16H,5,8-10H2,1-4H3. The van der Waals surface area contributed by atoms with Crippen molar-refractivity contribution in [2.75, 3.05) is 20.3 Å². The van der Waals surface area contributed by atoms with Crippen LogP contribution in [-0.2, 0) is 11.2 Å². The largest absolute Gasteiger partial charge is 0.389 e. The Hall–Kier alpha value is -0.420. The lowest BCUT2D eigenvalue weighted by atomic mass is 10.0. The molecule has 0 saturated carbocycles. The lowest BCUT2D eigenvalue weighted by Gasteiger charge is -2.25. The van der Waals surface area contributed by atoms with Crippen LogP contribution in [-0.4, -0.2) is 31.0 Å². The van der Waals surface area contributed by atoms with E-state index in [0.29, 0.717) is 19.6 Å². The number of hydrogen-bond donors (Lipinski definition) is 2. The van der Waals surface area contributed by atoms with Gasteiger partial charge in [-0.25, -0.2) is 0 Å². The quantitative estimate of drug-likeness (QED) is 0.764. The summed E-state index contributed by atoms with van der Waals surface area (Å²) in [6, 6.07) is 4.64. The van der Waals surface area contributed by atoms with E-state index in [1.807, 2.05) is 18.3 Å². The first-order valence-electron chi connectivity index (χ1n) is 6.52. The molecule has 1 heterocycles. The van der Waals surface area contributed by atoms with Crippen molar-refractivity contribution < 1.29 is 9.84 Å². The van der Waals surface area contributed by atoms with Gasteiger partial charge < -0.3 is 15.2 Å². The molecule has 4 heteroatoms. The molecule has 0 amide bonds. The summed E-state index contributed by atoms with van der Waals surface area (Å²) in [6.45, 7) is 7.32. The van der Waals surface area contributed by atoms with Crippen molar-refractivity contribution in [3.05, 3.63) is 21.9 Å². The Morgan fingerprint density at radius 2 is 2.22 bits per heavy atom. The Morgan fingerprint density at radius 3 is 2.78 bits per heavy atom. The fourth-order valence-corrected chi connectivity index (χ4v) is 2.68. The average Bonchev–Trinajstić information content (AvgIpc) is 2.82. The third-order valence-electron chi connectivity index (χ3n) is 3.09. The van der Waals surface area contributed by atoms with Crippen molar-refractivity contribution in [3.8, 4) is 0 Å². The zero-order chi connectivity index (χ0) is 13.6. The zero-order valence-electron chi connectivity index (χ0n) is 11.8. The highest BCUT2D eigenvalue weighted by atomic mass is 32.1. The van der Waals surface area contributed by atoms with Gasteiger partial charge in [0.05, 0.1) is 5.60 Å². The summed E-state index contributed by atoms with van der Waals surface area (Å²) in [5.74, 6) is 0. The van der Waals surface area contributed by atoms with Gasteiger partial charge in [-0.3, -0.25) is 0 Å². The van der Waals surface area contributed by atoms with E-state index in [-0.39, 0.29) is 6.04 Å². The van der Waals surface area contributed by atoms with Crippen LogP contribution in [0.2, 0.25) is 0 Å². The second kappa shape index (κ2) is 7.24. The number of hydrogen-bond acceptors (Lipinski definition) is 4. The van der Waals surface area contributed by atoms with Crippen LogP contribution >= 0.6 is 11.3 Å². The molecule has 0 saturated heterocycles. The van der Waals surface area contributed by atoms with E-state index >= 15 is 0 Å². The van der Waals surface area contributed by atoms with Crippen molar-refractivity contribution in [1.82, 2.24) is 5.32 Å². The molecule has 0 radical (unpaired) electrons. The van der Waals surface area contributed by atoms with Gasteiger partial charge in [0, 0.05) is 42.5 Å². The minimum absolute atomic E-state index is 0.282. The molecular formula is C14H25NO2S. The van der Waals surface area contributed by atoms with Gasteiger partial charge in [-0.2, -0.15) is 0 Å². The van der Waals surface area contributed by atoms with Gasteiger partial charge in [-0.1, -0.05) is 6.92 Å². The average molecular weight is 271 g/mol. The molecule has 1 aromatic rings. The third-order valence-corrected chi connectivity index (χ3v) is 4.50. The minimum Gasteiger partial charge on any atom is -0.389 e.